The Morgan fingerprint density at radius 3 is 2.68 bits per heavy atom. The van der Waals surface area contributed by atoms with E-state index in [2.05, 4.69) is 25.3 Å². The van der Waals surface area contributed by atoms with E-state index < -0.39 is 23.5 Å². The first-order chi connectivity index (χ1) is 14.7. The van der Waals surface area contributed by atoms with Gasteiger partial charge in [-0.3, -0.25) is 5.32 Å². The summed E-state index contributed by atoms with van der Waals surface area (Å²) in [7, 11) is 1.45. The average molecular weight is 454 g/mol. The van der Waals surface area contributed by atoms with Crippen LogP contribution in [0.25, 0.3) is 10.3 Å². The molecule has 0 unspecified atom stereocenters. The third kappa shape index (κ3) is 4.23. The Hall–Kier alpha value is -3.06. The molecule has 0 bridgehead atoms. The number of methoxy groups -OCH3 is 1. The van der Waals surface area contributed by atoms with Gasteiger partial charge in [0.05, 0.1) is 12.8 Å². The van der Waals surface area contributed by atoms with Crippen molar-refractivity contribution < 1.29 is 27.8 Å². The molecular weight excluding hydrogens is 437 g/mol. The number of alkyl halides is 3. The minimum atomic E-state index is -4.60. The minimum absolute atomic E-state index is 0.0495. The Morgan fingerprint density at radius 2 is 2.00 bits per heavy atom. The van der Waals surface area contributed by atoms with Gasteiger partial charge >= 0.3 is 12.2 Å². The smallest absolute Gasteiger partial charge is 0.433 e. The number of nitrogens with one attached hydrogen (secondary N) is 1. The number of fused-ring (bicyclic) bond motifs is 1. The van der Waals surface area contributed by atoms with Crippen LogP contribution < -0.4 is 10.1 Å². The zero-order valence-electron chi connectivity index (χ0n) is 16.2. The molecule has 4 heterocycles. The number of amides is 2. The summed E-state index contributed by atoms with van der Waals surface area (Å²) in [6.45, 7) is 0.266. The molecule has 1 aliphatic rings. The summed E-state index contributed by atoms with van der Waals surface area (Å²) in [5.41, 5.74) is -2.24. The fourth-order valence-corrected chi connectivity index (χ4v) is 4.08. The molecule has 3 aromatic rings. The second kappa shape index (κ2) is 7.89. The number of halogens is 3. The SMILES string of the molecule is COc1ncnc2sc(NC(=O)N3CCC(O)(c4cccc(C(F)(F)F)n4)CC3)nc12. The van der Waals surface area contributed by atoms with Crippen molar-refractivity contribution in [3.8, 4) is 5.88 Å². The van der Waals surface area contributed by atoms with Gasteiger partial charge in [0.15, 0.2) is 15.5 Å². The first kappa shape index (κ1) is 21.2. The molecule has 0 radical (unpaired) electrons. The van der Waals surface area contributed by atoms with Crippen molar-refractivity contribution in [1.29, 1.82) is 0 Å². The van der Waals surface area contributed by atoms with Crippen molar-refractivity contribution >= 4 is 32.8 Å². The van der Waals surface area contributed by atoms with E-state index in [1.807, 2.05) is 0 Å². The topological polar surface area (TPSA) is 113 Å². The van der Waals surface area contributed by atoms with E-state index in [-0.39, 0.29) is 31.6 Å². The number of likely N-dealkylation sites (tertiary alicyclic amines) is 1. The van der Waals surface area contributed by atoms with Gasteiger partial charge in [-0.1, -0.05) is 17.4 Å². The van der Waals surface area contributed by atoms with Gasteiger partial charge in [0.25, 0.3) is 0 Å². The standard InChI is InChI=1S/C18H17F3N6O3S/c1-30-13-12-14(23-9-22-13)31-15(25-12)26-16(28)27-7-5-17(29,6-8-27)10-3-2-4-11(24-10)18(19,20)21/h2-4,9,29H,5-8H2,1H3,(H,25,26,28). The van der Waals surface area contributed by atoms with Crippen LogP contribution in [0.5, 0.6) is 5.88 Å². The number of anilines is 1. The third-order valence-electron chi connectivity index (χ3n) is 4.96. The number of rotatable bonds is 3. The van der Waals surface area contributed by atoms with Gasteiger partial charge in [-0.2, -0.15) is 18.2 Å². The van der Waals surface area contributed by atoms with Gasteiger partial charge in [0.2, 0.25) is 5.88 Å². The normalized spacial score (nSPS) is 16.4. The first-order valence-corrected chi connectivity index (χ1v) is 10.00. The summed E-state index contributed by atoms with van der Waals surface area (Å²) in [6.07, 6.45) is -3.17. The Kier molecular flexibility index (Phi) is 5.39. The van der Waals surface area contributed by atoms with Gasteiger partial charge in [-0.05, 0) is 25.0 Å². The molecule has 0 spiro atoms. The summed E-state index contributed by atoms with van der Waals surface area (Å²) in [6, 6.07) is 2.99. The lowest BCUT2D eigenvalue weighted by atomic mass is 9.87. The lowest BCUT2D eigenvalue weighted by Crippen LogP contribution is -2.47. The highest BCUT2D eigenvalue weighted by Gasteiger charge is 2.39. The highest BCUT2D eigenvalue weighted by molar-refractivity contribution is 7.22. The summed E-state index contributed by atoms with van der Waals surface area (Å²) in [5.74, 6) is 0.290. The molecular formula is C18H17F3N6O3S. The maximum absolute atomic E-state index is 12.9. The maximum atomic E-state index is 12.9. The van der Waals surface area contributed by atoms with Gasteiger partial charge in [-0.15, -0.1) is 0 Å². The van der Waals surface area contributed by atoms with Crippen LogP contribution in [0.15, 0.2) is 24.5 Å². The Morgan fingerprint density at radius 1 is 1.26 bits per heavy atom. The molecule has 3 aromatic heterocycles. The zero-order chi connectivity index (χ0) is 22.2. The van der Waals surface area contributed by atoms with Crippen LogP contribution in [-0.4, -0.2) is 56.2 Å². The lowest BCUT2D eigenvalue weighted by Gasteiger charge is -2.37. The molecule has 2 N–H and O–H groups in total. The second-order valence-electron chi connectivity index (χ2n) is 6.91. The van der Waals surface area contributed by atoms with Gasteiger partial charge in [0.1, 0.15) is 17.6 Å². The van der Waals surface area contributed by atoms with Crippen molar-refractivity contribution in [2.24, 2.45) is 0 Å². The summed E-state index contributed by atoms with van der Waals surface area (Å²) >= 11 is 1.15. The molecule has 4 rings (SSSR count). The monoisotopic (exact) mass is 454 g/mol. The van der Waals surface area contributed by atoms with Crippen LogP contribution in [-0.2, 0) is 11.8 Å². The lowest BCUT2D eigenvalue weighted by molar-refractivity contribution is -0.141. The van der Waals surface area contributed by atoms with Crippen LogP contribution in [0.2, 0.25) is 0 Å². The predicted octanol–water partition coefficient (Wildman–Crippen LogP) is 3.02. The number of thiazole rings is 1. The molecule has 0 saturated carbocycles. The minimum Gasteiger partial charge on any atom is -0.479 e. The number of ether oxygens (including phenoxy) is 1. The molecule has 1 aliphatic heterocycles. The molecule has 2 amide bonds. The first-order valence-electron chi connectivity index (χ1n) is 9.18. The van der Waals surface area contributed by atoms with Gasteiger partial charge in [0, 0.05) is 13.1 Å². The summed E-state index contributed by atoms with van der Waals surface area (Å²) in [5, 5.41) is 13.8. The molecule has 1 saturated heterocycles. The van der Waals surface area contributed by atoms with E-state index in [1.165, 1.54) is 30.5 Å². The van der Waals surface area contributed by atoms with Crippen LogP contribution in [0.1, 0.15) is 24.2 Å². The summed E-state index contributed by atoms with van der Waals surface area (Å²) in [4.78, 5) is 30.5. The third-order valence-corrected chi connectivity index (χ3v) is 5.84. The van der Waals surface area contributed by atoms with Crippen LogP contribution in [0, 0.1) is 0 Å². The zero-order valence-corrected chi connectivity index (χ0v) is 17.0. The highest BCUT2D eigenvalue weighted by Crippen LogP contribution is 2.35. The number of nitrogens with zero attached hydrogens (tertiary/aromatic N) is 5. The van der Waals surface area contributed by atoms with Crippen molar-refractivity contribution in [2.75, 3.05) is 25.5 Å². The fraction of sp³-hybridized carbons (Fsp3) is 0.389. The maximum Gasteiger partial charge on any atom is 0.433 e. The van der Waals surface area contributed by atoms with Crippen molar-refractivity contribution in [2.45, 2.75) is 24.6 Å². The Bertz CT molecular complexity index is 1110. The van der Waals surface area contributed by atoms with Crippen molar-refractivity contribution in [3.63, 3.8) is 0 Å². The number of hydrogen-bond acceptors (Lipinski definition) is 8. The largest absolute Gasteiger partial charge is 0.479 e. The molecule has 164 valence electrons. The van der Waals surface area contributed by atoms with Crippen LogP contribution in [0.4, 0.5) is 23.1 Å². The van der Waals surface area contributed by atoms with E-state index >= 15 is 0 Å². The average Bonchev–Trinajstić information content (AvgIpc) is 3.16. The summed E-state index contributed by atoms with van der Waals surface area (Å²) < 4.78 is 43.9. The number of carbonyl (C=O) groups excluding carboxylic acids is 1. The molecule has 31 heavy (non-hydrogen) atoms. The van der Waals surface area contributed by atoms with Crippen molar-refractivity contribution in [1.82, 2.24) is 24.8 Å². The van der Waals surface area contributed by atoms with Crippen LogP contribution >= 0.6 is 11.3 Å². The molecule has 0 aliphatic carbocycles. The number of hydrogen-bond donors (Lipinski definition) is 2. The molecule has 1 fully saturated rings. The van der Waals surface area contributed by atoms with E-state index in [0.717, 1.165) is 17.4 Å². The van der Waals surface area contributed by atoms with E-state index in [1.54, 1.807) is 0 Å². The number of aromatic nitrogens is 4. The second-order valence-corrected chi connectivity index (χ2v) is 7.89. The number of pyridine rings is 1. The molecule has 0 atom stereocenters. The Balaban J connectivity index is 1.43. The fourth-order valence-electron chi connectivity index (χ4n) is 3.29. The van der Waals surface area contributed by atoms with Crippen molar-refractivity contribution in [3.05, 3.63) is 35.9 Å². The van der Waals surface area contributed by atoms with Crippen LogP contribution in [0.3, 0.4) is 0 Å². The van der Waals surface area contributed by atoms with E-state index in [4.69, 9.17) is 4.74 Å². The van der Waals surface area contributed by atoms with Gasteiger partial charge in [-0.25, -0.2) is 19.7 Å². The number of aliphatic hydroxyl groups is 1. The number of carbonyl (C=O) groups is 1. The van der Waals surface area contributed by atoms with E-state index in [0.29, 0.717) is 21.4 Å². The molecule has 9 nitrogen and oxygen atoms in total. The Labute approximate surface area is 177 Å². The number of piperidine rings is 1. The van der Waals surface area contributed by atoms with E-state index in [9.17, 15) is 23.1 Å². The number of urea groups is 1. The predicted molar refractivity (Wildman–Crippen MR) is 105 cm³/mol. The molecule has 13 heteroatoms. The highest BCUT2D eigenvalue weighted by atomic mass is 32.1. The quantitative estimate of drug-likeness (QED) is 0.625. The van der Waals surface area contributed by atoms with Gasteiger partial charge < -0.3 is 14.7 Å². The molecule has 0 aromatic carbocycles.